The number of hydrogen-bond donors (Lipinski definition) is 1. The normalized spacial score (nSPS) is 23.8. The molecule has 148 valence electrons. The van der Waals surface area contributed by atoms with Gasteiger partial charge in [0.15, 0.2) is 0 Å². The van der Waals surface area contributed by atoms with Crippen LogP contribution in [0.2, 0.25) is 0 Å². The molecule has 3 aliphatic rings. The van der Waals surface area contributed by atoms with Crippen LogP contribution in [-0.4, -0.2) is 45.4 Å². The maximum atomic E-state index is 12.0. The Labute approximate surface area is 169 Å². The monoisotopic (exact) mass is 397 g/mol. The van der Waals surface area contributed by atoms with Gasteiger partial charge in [0.05, 0.1) is 10.7 Å². The molecule has 2 aliphatic carbocycles. The number of piperidine rings is 1. The number of nitrogens with zero attached hydrogens (tertiary/aromatic N) is 4. The van der Waals surface area contributed by atoms with Gasteiger partial charge < -0.3 is 10.2 Å². The van der Waals surface area contributed by atoms with E-state index < -0.39 is 0 Å². The second kappa shape index (κ2) is 7.10. The summed E-state index contributed by atoms with van der Waals surface area (Å²) in [5, 5.41) is 6.78. The van der Waals surface area contributed by atoms with Crippen LogP contribution in [0.25, 0.3) is 0 Å². The van der Waals surface area contributed by atoms with Gasteiger partial charge in [0.1, 0.15) is 11.6 Å². The smallest absolute Gasteiger partial charge is 0.219 e. The number of thiazole rings is 1. The third kappa shape index (κ3) is 3.30. The lowest BCUT2D eigenvalue weighted by Gasteiger charge is -2.40. The van der Waals surface area contributed by atoms with Gasteiger partial charge >= 0.3 is 0 Å². The number of fused-ring (bicyclic) bond motifs is 2. The van der Waals surface area contributed by atoms with Gasteiger partial charge in [0, 0.05) is 61.5 Å². The molecule has 1 N–H and O–H groups in total. The van der Waals surface area contributed by atoms with Gasteiger partial charge in [0.25, 0.3) is 0 Å². The second-order valence-corrected chi connectivity index (χ2v) is 9.44. The van der Waals surface area contributed by atoms with Crippen molar-refractivity contribution < 1.29 is 4.79 Å². The van der Waals surface area contributed by atoms with Gasteiger partial charge in [-0.1, -0.05) is 0 Å². The maximum absolute atomic E-state index is 12.0. The van der Waals surface area contributed by atoms with E-state index in [4.69, 9.17) is 9.97 Å². The van der Waals surface area contributed by atoms with E-state index in [1.165, 1.54) is 24.1 Å². The van der Waals surface area contributed by atoms with E-state index in [9.17, 15) is 4.79 Å². The zero-order valence-electron chi connectivity index (χ0n) is 16.4. The van der Waals surface area contributed by atoms with Crippen LogP contribution in [0.4, 0.5) is 5.82 Å². The lowest BCUT2D eigenvalue weighted by Crippen LogP contribution is -2.47. The molecule has 1 aliphatic heterocycles. The third-order valence-corrected chi connectivity index (χ3v) is 7.30. The van der Waals surface area contributed by atoms with E-state index in [0.717, 1.165) is 68.4 Å². The van der Waals surface area contributed by atoms with Crippen molar-refractivity contribution in [3.8, 4) is 0 Å². The van der Waals surface area contributed by atoms with Crippen molar-refractivity contribution in [1.82, 2.24) is 19.9 Å². The standard InChI is InChI=1S/C21H27N5OS/c1-14(27)26-11-2-7-21(13-26)8-5-16-18(21)24-19(15-3-4-15)25-20(16)23-9-6-17-22-10-12-28-17/h10,12,15H,2-9,11,13H2,1H3,(H,23,24,25). The van der Waals surface area contributed by atoms with Gasteiger partial charge in [0.2, 0.25) is 5.91 Å². The molecule has 1 unspecified atom stereocenters. The first-order chi connectivity index (χ1) is 13.6. The van der Waals surface area contributed by atoms with Gasteiger partial charge in [-0.05, 0) is 38.5 Å². The number of rotatable bonds is 5. The van der Waals surface area contributed by atoms with E-state index in [0.29, 0.717) is 5.92 Å². The molecule has 5 rings (SSSR count). The van der Waals surface area contributed by atoms with E-state index in [-0.39, 0.29) is 11.3 Å². The zero-order chi connectivity index (χ0) is 19.1. The molecule has 6 nitrogen and oxygen atoms in total. The van der Waals surface area contributed by atoms with E-state index in [1.54, 1.807) is 18.3 Å². The molecule has 2 aromatic heterocycles. The molecule has 2 aromatic rings. The Kier molecular flexibility index (Phi) is 4.57. The minimum Gasteiger partial charge on any atom is -0.369 e. The maximum Gasteiger partial charge on any atom is 0.219 e. The fourth-order valence-electron chi connectivity index (χ4n) is 4.79. The van der Waals surface area contributed by atoms with Crippen LogP contribution in [-0.2, 0) is 23.1 Å². The van der Waals surface area contributed by atoms with Crippen LogP contribution >= 0.6 is 11.3 Å². The van der Waals surface area contributed by atoms with Crippen LogP contribution in [0.15, 0.2) is 11.6 Å². The molecule has 0 radical (unpaired) electrons. The molecule has 1 amide bonds. The van der Waals surface area contributed by atoms with Crippen molar-refractivity contribution in [2.75, 3.05) is 25.0 Å². The summed E-state index contributed by atoms with van der Waals surface area (Å²) in [6.07, 6.45) is 9.45. The third-order valence-electron chi connectivity index (χ3n) is 6.46. The van der Waals surface area contributed by atoms with E-state index in [2.05, 4.69) is 10.3 Å². The summed E-state index contributed by atoms with van der Waals surface area (Å²) in [7, 11) is 0. The van der Waals surface area contributed by atoms with Gasteiger partial charge in [-0.2, -0.15) is 0 Å². The molecular weight excluding hydrogens is 370 g/mol. The van der Waals surface area contributed by atoms with Crippen molar-refractivity contribution in [1.29, 1.82) is 0 Å². The Hall–Kier alpha value is -2.02. The highest BCUT2D eigenvalue weighted by atomic mass is 32.1. The van der Waals surface area contributed by atoms with Crippen LogP contribution < -0.4 is 5.32 Å². The van der Waals surface area contributed by atoms with Gasteiger partial charge in [-0.15, -0.1) is 11.3 Å². The summed E-state index contributed by atoms with van der Waals surface area (Å²) in [6, 6.07) is 0. The highest BCUT2D eigenvalue weighted by Gasteiger charge is 2.46. The molecule has 1 spiro atoms. The van der Waals surface area contributed by atoms with Crippen molar-refractivity contribution in [2.45, 2.75) is 63.2 Å². The summed E-state index contributed by atoms with van der Waals surface area (Å²) >= 11 is 1.70. The average Bonchev–Trinajstić information content (AvgIpc) is 3.32. The van der Waals surface area contributed by atoms with E-state index >= 15 is 0 Å². The number of hydrogen-bond acceptors (Lipinski definition) is 6. The molecule has 28 heavy (non-hydrogen) atoms. The highest BCUT2D eigenvalue weighted by molar-refractivity contribution is 7.09. The zero-order valence-corrected chi connectivity index (χ0v) is 17.2. The summed E-state index contributed by atoms with van der Waals surface area (Å²) < 4.78 is 0. The minimum atomic E-state index is 0.0254. The molecule has 1 saturated carbocycles. The molecule has 0 bridgehead atoms. The highest BCUT2D eigenvalue weighted by Crippen LogP contribution is 2.48. The number of nitrogens with one attached hydrogen (secondary N) is 1. The molecule has 1 atom stereocenters. The molecule has 3 heterocycles. The lowest BCUT2D eigenvalue weighted by atomic mass is 9.77. The van der Waals surface area contributed by atoms with E-state index in [1.807, 2.05) is 16.5 Å². The number of amides is 1. The number of aromatic nitrogens is 3. The van der Waals surface area contributed by atoms with Crippen molar-refractivity contribution in [3.63, 3.8) is 0 Å². The van der Waals surface area contributed by atoms with Crippen LogP contribution in [0.1, 0.15) is 67.0 Å². The van der Waals surface area contributed by atoms with Gasteiger partial charge in [-0.25, -0.2) is 15.0 Å². The Morgan fingerprint density at radius 2 is 2.25 bits per heavy atom. The molecule has 2 fully saturated rings. The Balaban J connectivity index is 1.44. The summed E-state index contributed by atoms with van der Waals surface area (Å²) in [5.74, 6) is 2.75. The topological polar surface area (TPSA) is 71.0 Å². The molecule has 1 saturated heterocycles. The van der Waals surface area contributed by atoms with Gasteiger partial charge in [-0.3, -0.25) is 4.79 Å². The predicted octanol–water partition coefficient (Wildman–Crippen LogP) is 3.29. The Morgan fingerprint density at radius 3 is 3.00 bits per heavy atom. The first kappa shape index (κ1) is 18.0. The number of carbonyl (C=O) groups excluding carboxylic acids is 1. The van der Waals surface area contributed by atoms with Crippen molar-refractivity contribution in [2.24, 2.45) is 0 Å². The molecule has 7 heteroatoms. The van der Waals surface area contributed by atoms with Crippen LogP contribution in [0.3, 0.4) is 0 Å². The summed E-state index contributed by atoms with van der Waals surface area (Å²) in [6.45, 7) is 4.23. The lowest BCUT2D eigenvalue weighted by molar-refractivity contribution is -0.131. The average molecular weight is 398 g/mol. The van der Waals surface area contributed by atoms with Crippen LogP contribution in [0.5, 0.6) is 0 Å². The summed E-state index contributed by atoms with van der Waals surface area (Å²) in [4.78, 5) is 28.5. The quantitative estimate of drug-likeness (QED) is 0.838. The molecule has 0 aromatic carbocycles. The SMILES string of the molecule is CC(=O)N1CCCC2(CCc3c(NCCc4nccs4)nc(C4CC4)nc32)C1. The summed E-state index contributed by atoms with van der Waals surface area (Å²) in [5.41, 5.74) is 2.54. The number of anilines is 1. The Bertz CT molecular complexity index is 879. The first-order valence-corrected chi connectivity index (χ1v) is 11.3. The largest absolute Gasteiger partial charge is 0.369 e. The number of likely N-dealkylation sites (tertiary alicyclic amines) is 1. The van der Waals surface area contributed by atoms with Crippen LogP contribution in [0, 0.1) is 0 Å². The second-order valence-electron chi connectivity index (χ2n) is 8.46. The minimum absolute atomic E-state index is 0.0254. The fraction of sp³-hybridized carbons (Fsp3) is 0.619. The molecular formula is C21H27N5OS. The van der Waals surface area contributed by atoms with Crippen molar-refractivity contribution in [3.05, 3.63) is 33.7 Å². The first-order valence-electron chi connectivity index (χ1n) is 10.4. The number of carbonyl (C=O) groups is 1. The predicted molar refractivity (Wildman–Crippen MR) is 110 cm³/mol. The fourth-order valence-corrected chi connectivity index (χ4v) is 5.41. The van der Waals surface area contributed by atoms with Crippen molar-refractivity contribution >= 4 is 23.1 Å². The Morgan fingerprint density at radius 1 is 1.36 bits per heavy atom.